The molecule has 0 aromatic carbocycles. The lowest BCUT2D eigenvalue weighted by molar-refractivity contribution is 0.636. The topological polar surface area (TPSA) is 34.0 Å². The van der Waals surface area contributed by atoms with Crippen molar-refractivity contribution in [2.75, 3.05) is 5.32 Å². The Bertz CT molecular complexity index is 384. The molecule has 0 saturated heterocycles. The molecule has 96 valence electrons. The van der Waals surface area contributed by atoms with Gasteiger partial charge in [-0.05, 0) is 25.8 Å². The second-order valence-electron chi connectivity index (χ2n) is 4.64. The fourth-order valence-corrected chi connectivity index (χ4v) is 1.90. The zero-order valence-electron chi connectivity index (χ0n) is 11.2. The molecule has 1 unspecified atom stereocenters. The van der Waals surface area contributed by atoms with Crippen LogP contribution in [-0.2, 0) is 6.54 Å². The number of anilines is 1. The van der Waals surface area contributed by atoms with Crippen molar-refractivity contribution in [2.24, 2.45) is 0 Å². The van der Waals surface area contributed by atoms with E-state index in [-0.39, 0.29) is 5.56 Å². The maximum Gasteiger partial charge on any atom is 0.250 e. The van der Waals surface area contributed by atoms with Gasteiger partial charge in [0.2, 0.25) is 0 Å². The van der Waals surface area contributed by atoms with E-state index in [0.717, 1.165) is 18.7 Å². The molecule has 0 spiro atoms. The van der Waals surface area contributed by atoms with Gasteiger partial charge in [-0.3, -0.25) is 4.79 Å². The van der Waals surface area contributed by atoms with E-state index in [1.165, 1.54) is 19.3 Å². The van der Waals surface area contributed by atoms with Crippen LogP contribution in [0.1, 0.15) is 46.5 Å². The van der Waals surface area contributed by atoms with Gasteiger partial charge in [-0.25, -0.2) is 0 Å². The molecule has 0 saturated carbocycles. The Labute approximate surface area is 104 Å². The van der Waals surface area contributed by atoms with Crippen molar-refractivity contribution in [1.82, 2.24) is 4.57 Å². The predicted octanol–water partition coefficient (Wildman–Crippen LogP) is 3.25. The number of pyridine rings is 1. The first-order valence-corrected chi connectivity index (χ1v) is 6.64. The van der Waals surface area contributed by atoms with Gasteiger partial charge in [0, 0.05) is 24.8 Å². The molecule has 0 bridgehead atoms. The molecule has 1 heterocycles. The number of aryl methyl sites for hydroxylation is 1. The third-order valence-electron chi connectivity index (χ3n) is 2.85. The van der Waals surface area contributed by atoms with Gasteiger partial charge in [-0.15, -0.1) is 0 Å². The maximum absolute atomic E-state index is 11.6. The number of aromatic nitrogens is 1. The van der Waals surface area contributed by atoms with Gasteiger partial charge in [0.1, 0.15) is 0 Å². The highest BCUT2D eigenvalue weighted by molar-refractivity contribution is 5.41. The molecule has 17 heavy (non-hydrogen) atoms. The van der Waals surface area contributed by atoms with Crippen molar-refractivity contribution in [2.45, 2.75) is 59.0 Å². The molecule has 0 radical (unpaired) electrons. The molecule has 1 rings (SSSR count). The highest BCUT2D eigenvalue weighted by Crippen LogP contribution is 2.09. The fourth-order valence-electron chi connectivity index (χ4n) is 1.90. The minimum atomic E-state index is 0.0820. The summed E-state index contributed by atoms with van der Waals surface area (Å²) in [4.78, 5) is 11.6. The number of rotatable bonds is 7. The predicted molar refractivity (Wildman–Crippen MR) is 73.6 cm³/mol. The quantitative estimate of drug-likeness (QED) is 0.788. The van der Waals surface area contributed by atoms with E-state index in [1.54, 1.807) is 10.6 Å². The average molecular weight is 236 g/mol. The number of hydrogen-bond donors (Lipinski definition) is 1. The van der Waals surface area contributed by atoms with Crippen molar-refractivity contribution in [3.8, 4) is 0 Å². The van der Waals surface area contributed by atoms with Crippen LogP contribution >= 0.6 is 0 Å². The molecule has 3 heteroatoms. The molecule has 0 aliphatic heterocycles. The lowest BCUT2D eigenvalue weighted by Gasteiger charge is -2.15. The Morgan fingerprint density at radius 3 is 2.71 bits per heavy atom. The van der Waals surface area contributed by atoms with Crippen molar-refractivity contribution in [3.05, 3.63) is 28.7 Å². The molecule has 0 fully saturated rings. The van der Waals surface area contributed by atoms with Crippen molar-refractivity contribution in [3.63, 3.8) is 0 Å². The van der Waals surface area contributed by atoms with E-state index < -0.39 is 0 Å². The molecular formula is C14H24N2O. The fraction of sp³-hybridized carbons (Fsp3) is 0.643. The summed E-state index contributed by atoms with van der Waals surface area (Å²) in [7, 11) is 0. The minimum absolute atomic E-state index is 0.0820. The first-order chi connectivity index (χ1) is 8.17. The van der Waals surface area contributed by atoms with E-state index in [0.29, 0.717) is 6.04 Å². The van der Waals surface area contributed by atoms with Gasteiger partial charge in [-0.1, -0.05) is 26.7 Å². The van der Waals surface area contributed by atoms with Crippen LogP contribution in [0.4, 0.5) is 5.69 Å². The number of unbranched alkanes of at least 4 members (excludes halogenated alkanes) is 1. The van der Waals surface area contributed by atoms with Crippen LogP contribution in [0.3, 0.4) is 0 Å². The Kier molecular flexibility index (Phi) is 5.81. The molecule has 1 aromatic rings. The second-order valence-corrected chi connectivity index (χ2v) is 4.64. The maximum atomic E-state index is 11.6. The zero-order chi connectivity index (χ0) is 12.7. The number of nitrogens with one attached hydrogen (secondary N) is 1. The Hall–Kier alpha value is -1.25. The number of nitrogens with zero attached hydrogens (tertiary/aromatic N) is 1. The summed E-state index contributed by atoms with van der Waals surface area (Å²) < 4.78 is 1.77. The molecule has 1 atom stereocenters. The largest absolute Gasteiger partial charge is 0.381 e. The standard InChI is InChI=1S/C14H24N2O/c1-4-6-7-12(3)15-13-8-9-14(17)16(11-13)10-5-2/h8-9,11-12,15H,4-7,10H2,1-3H3. The van der Waals surface area contributed by atoms with Crippen molar-refractivity contribution in [1.29, 1.82) is 0 Å². The minimum Gasteiger partial charge on any atom is -0.381 e. The molecule has 3 nitrogen and oxygen atoms in total. The van der Waals surface area contributed by atoms with Crippen LogP contribution in [0.2, 0.25) is 0 Å². The van der Waals surface area contributed by atoms with Crippen LogP contribution < -0.4 is 10.9 Å². The summed E-state index contributed by atoms with van der Waals surface area (Å²) >= 11 is 0. The van der Waals surface area contributed by atoms with Gasteiger partial charge < -0.3 is 9.88 Å². The Morgan fingerprint density at radius 2 is 2.06 bits per heavy atom. The van der Waals surface area contributed by atoms with E-state index in [4.69, 9.17) is 0 Å². The van der Waals surface area contributed by atoms with Crippen LogP contribution in [0.25, 0.3) is 0 Å². The van der Waals surface area contributed by atoms with Crippen LogP contribution in [0.15, 0.2) is 23.1 Å². The normalized spacial score (nSPS) is 12.4. The lowest BCUT2D eigenvalue weighted by Crippen LogP contribution is -2.21. The van der Waals surface area contributed by atoms with Gasteiger partial charge in [0.15, 0.2) is 0 Å². The van der Waals surface area contributed by atoms with Crippen molar-refractivity contribution < 1.29 is 0 Å². The number of hydrogen-bond acceptors (Lipinski definition) is 2. The van der Waals surface area contributed by atoms with Gasteiger partial charge in [0.25, 0.3) is 5.56 Å². The van der Waals surface area contributed by atoms with E-state index in [9.17, 15) is 4.79 Å². The molecule has 1 N–H and O–H groups in total. The second kappa shape index (κ2) is 7.15. The van der Waals surface area contributed by atoms with Crippen molar-refractivity contribution >= 4 is 5.69 Å². The van der Waals surface area contributed by atoms with Gasteiger partial charge in [-0.2, -0.15) is 0 Å². The summed E-state index contributed by atoms with van der Waals surface area (Å²) in [5, 5.41) is 3.44. The van der Waals surface area contributed by atoms with E-state index in [2.05, 4.69) is 26.1 Å². The van der Waals surface area contributed by atoms with Gasteiger partial charge >= 0.3 is 0 Å². The molecular weight excluding hydrogens is 212 g/mol. The van der Waals surface area contributed by atoms with E-state index in [1.807, 2.05) is 12.3 Å². The summed E-state index contributed by atoms with van der Waals surface area (Å²) in [5.41, 5.74) is 1.13. The van der Waals surface area contributed by atoms with Gasteiger partial charge in [0.05, 0.1) is 5.69 Å². The highest BCUT2D eigenvalue weighted by Gasteiger charge is 2.02. The highest BCUT2D eigenvalue weighted by atomic mass is 16.1. The molecule has 0 amide bonds. The SMILES string of the molecule is CCCCC(C)Nc1ccc(=O)n(CCC)c1. The first kappa shape index (κ1) is 13.8. The smallest absolute Gasteiger partial charge is 0.250 e. The Morgan fingerprint density at radius 1 is 1.29 bits per heavy atom. The van der Waals surface area contributed by atoms with E-state index >= 15 is 0 Å². The Balaban J connectivity index is 2.65. The molecule has 1 aromatic heterocycles. The van der Waals surface area contributed by atoms with Crippen LogP contribution in [-0.4, -0.2) is 10.6 Å². The third-order valence-corrected chi connectivity index (χ3v) is 2.85. The summed E-state index contributed by atoms with van der Waals surface area (Å²) in [6, 6.07) is 3.98. The van der Waals surface area contributed by atoms with Crippen LogP contribution in [0, 0.1) is 0 Å². The first-order valence-electron chi connectivity index (χ1n) is 6.64. The summed E-state index contributed by atoms with van der Waals surface area (Å²) in [5.74, 6) is 0. The lowest BCUT2D eigenvalue weighted by atomic mass is 10.1. The molecule has 0 aliphatic carbocycles. The summed E-state index contributed by atoms with van der Waals surface area (Å²) in [6.07, 6.45) is 6.54. The third kappa shape index (κ3) is 4.63. The van der Waals surface area contributed by atoms with Crippen LogP contribution in [0.5, 0.6) is 0 Å². The average Bonchev–Trinajstić information content (AvgIpc) is 2.31. The summed E-state index contributed by atoms with van der Waals surface area (Å²) in [6.45, 7) is 7.26. The monoisotopic (exact) mass is 236 g/mol. The zero-order valence-corrected chi connectivity index (χ0v) is 11.2. The molecule has 0 aliphatic rings.